The first kappa shape index (κ1) is 23.3. The molecular weight excluding hydrogens is 380 g/mol. The van der Waals surface area contributed by atoms with Crippen LogP contribution in [0.25, 0.3) is 0 Å². The molecular formula is C29H46O2. The lowest BCUT2D eigenvalue weighted by molar-refractivity contribution is -0.135. The second-order valence-corrected chi connectivity index (χ2v) is 12.3. The van der Waals surface area contributed by atoms with Crippen molar-refractivity contribution in [3.63, 3.8) is 0 Å². The topological polar surface area (TPSA) is 37.3 Å². The lowest BCUT2D eigenvalue weighted by Crippen LogP contribution is -2.53. The number of hydrogen-bond acceptors (Lipinski definition) is 2. The molecule has 31 heavy (non-hydrogen) atoms. The van der Waals surface area contributed by atoms with Crippen LogP contribution in [0.3, 0.4) is 0 Å². The molecule has 1 unspecified atom stereocenters. The summed E-state index contributed by atoms with van der Waals surface area (Å²) < 4.78 is 0. The number of ketones is 1. The van der Waals surface area contributed by atoms with E-state index in [-0.39, 0.29) is 17.4 Å². The molecule has 0 saturated heterocycles. The third-order valence-electron chi connectivity index (χ3n) is 10.9. The predicted octanol–water partition coefficient (Wildman–Crippen LogP) is 7.12. The number of rotatable bonds is 6. The van der Waals surface area contributed by atoms with Crippen LogP contribution >= 0.6 is 0 Å². The highest BCUT2D eigenvalue weighted by atomic mass is 16.3. The van der Waals surface area contributed by atoms with Gasteiger partial charge in [-0.2, -0.15) is 0 Å². The van der Waals surface area contributed by atoms with Gasteiger partial charge in [0.25, 0.3) is 0 Å². The third-order valence-corrected chi connectivity index (χ3v) is 10.9. The molecule has 0 bridgehead atoms. The Morgan fingerprint density at radius 2 is 1.90 bits per heavy atom. The third kappa shape index (κ3) is 3.79. The molecule has 0 amide bonds. The van der Waals surface area contributed by atoms with E-state index in [1.165, 1.54) is 49.7 Å². The SMILES string of the molecule is C=C(CC[C@@H](C)[C@H]1CC[C@H]2[C@@H]3C(=O)C=C4C[C@@H](O)CC[C@]4(C)[C@H]3CC[C@]12C)C(C)CC. The summed E-state index contributed by atoms with van der Waals surface area (Å²) in [6.07, 6.45) is 13.0. The number of carbonyl (C=O) groups is 1. The fourth-order valence-electron chi connectivity index (χ4n) is 8.51. The molecule has 1 N–H and O–H groups in total. The lowest BCUT2D eigenvalue weighted by Gasteiger charge is -2.57. The standard InChI is InChI=1S/C29H46O2/c1-7-18(2)19(3)8-9-20(4)23-10-11-24-27-25(13-15-29(23,24)6)28(5)14-12-22(30)16-21(28)17-26(27)31/h17-18,20,22-25,27,30H,3,7-16H2,1-2,4-6H3/t18?,20-,22+,23-,24+,25+,27+,28+,29-/m1/s1. The Bertz CT molecular complexity index is 750. The van der Waals surface area contributed by atoms with Gasteiger partial charge in [0.05, 0.1) is 6.10 Å². The first-order valence-corrected chi connectivity index (χ1v) is 13.2. The largest absolute Gasteiger partial charge is 0.393 e. The zero-order valence-electron chi connectivity index (χ0n) is 20.8. The Kier molecular flexibility index (Phi) is 6.36. The molecule has 3 fully saturated rings. The van der Waals surface area contributed by atoms with Gasteiger partial charge >= 0.3 is 0 Å². The van der Waals surface area contributed by atoms with Gasteiger partial charge in [-0.15, -0.1) is 0 Å². The first-order valence-electron chi connectivity index (χ1n) is 13.2. The Balaban J connectivity index is 1.52. The number of fused-ring (bicyclic) bond motifs is 5. The van der Waals surface area contributed by atoms with Crippen molar-refractivity contribution < 1.29 is 9.90 Å². The van der Waals surface area contributed by atoms with E-state index in [9.17, 15) is 9.90 Å². The summed E-state index contributed by atoms with van der Waals surface area (Å²) in [7, 11) is 0. The van der Waals surface area contributed by atoms with Crippen LogP contribution in [-0.4, -0.2) is 17.0 Å². The predicted molar refractivity (Wildman–Crippen MR) is 129 cm³/mol. The maximum atomic E-state index is 13.4. The Morgan fingerprint density at radius 1 is 1.16 bits per heavy atom. The second kappa shape index (κ2) is 8.47. The highest BCUT2D eigenvalue weighted by Crippen LogP contribution is 2.66. The van der Waals surface area contributed by atoms with Crippen LogP contribution < -0.4 is 0 Å². The van der Waals surface area contributed by atoms with Gasteiger partial charge in [0, 0.05) is 5.92 Å². The van der Waals surface area contributed by atoms with Crippen LogP contribution in [0, 0.1) is 46.3 Å². The molecule has 0 radical (unpaired) electrons. The fourth-order valence-corrected chi connectivity index (χ4v) is 8.51. The van der Waals surface area contributed by atoms with E-state index in [0.717, 1.165) is 25.2 Å². The van der Waals surface area contributed by atoms with Crippen LogP contribution in [0.5, 0.6) is 0 Å². The average Bonchev–Trinajstić information content (AvgIpc) is 3.09. The smallest absolute Gasteiger partial charge is 0.159 e. The quantitative estimate of drug-likeness (QED) is 0.459. The minimum atomic E-state index is -0.251. The average molecular weight is 427 g/mol. The van der Waals surface area contributed by atoms with Crippen molar-refractivity contribution in [3.8, 4) is 0 Å². The fraction of sp³-hybridized carbons (Fsp3) is 0.828. The zero-order valence-corrected chi connectivity index (χ0v) is 20.8. The molecule has 2 nitrogen and oxygen atoms in total. The van der Waals surface area contributed by atoms with E-state index in [4.69, 9.17) is 0 Å². The maximum absolute atomic E-state index is 13.4. The molecule has 4 rings (SSSR count). The molecule has 0 aromatic heterocycles. The van der Waals surface area contributed by atoms with Gasteiger partial charge in [-0.1, -0.05) is 52.3 Å². The summed E-state index contributed by atoms with van der Waals surface area (Å²) in [6, 6.07) is 0. The summed E-state index contributed by atoms with van der Waals surface area (Å²) in [4.78, 5) is 13.4. The second-order valence-electron chi connectivity index (χ2n) is 12.3. The van der Waals surface area contributed by atoms with E-state index in [2.05, 4.69) is 41.2 Å². The highest BCUT2D eigenvalue weighted by Gasteiger charge is 2.61. The van der Waals surface area contributed by atoms with Crippen LogP contribution in [0.2, 0.25) is 0 Å². The molecule has 0 aromatic rings. The van der Waals surface area contributed by atoms with Crippen molar-refractivity contribution in [2.75, 3.05) is 0 Å². The van der Waals surface area contributed by atoms with Crippen molar-refractivity contribution in [3.05, 3.63) is 23.8 Å². The molecule has 0 spiro atoms. The van der Waals surface area contributed by atoms with Gasteiger partial charge in [-0.25, -0.2) is 0 Å². The molecule has 0 aliphatic heterocycles. The molecule has 4 aliphatic rings. The number of allylic oxidation sites excluding steroid dienone is 2. The van der Waals surface area contributed by atoms with Crippen molar-refractivity contribution >= 4 is 5.78 Å². The van der Waals surface area contributed by atoms with E-state index in [0.29, 0.717) is 41.3 Å². The van der Waals surface area contributed by atoms with Gasteiger partial charge in [-0.05, 0) is 111 Å². The van der Waals surface area contributed by atoms with Crippen LogP contribution in [-0.2, 0) is 4.79 Å². The van der Waals surface area contributed by atoms with Crippen LogP contribution in [0.4, 0.5) is 0 Å². The van der Waals surface area contributed by atoms with Gasteiger partial charge in [0.15, 0.2) is 5.78 Å². The summed E-state index contributed by atoms with van der Waals surface area (Å²) >= 11 is 0. The normalized spacial score (nSPS) is 44.0. The van der Waals surface area contributed by atoms with Crippen molar-refractivity contribution in [1.29, 1.82) is 0 Å². The van der Waals surface area contributed by atoms with Gasteiger partial charge in [-0.3, -0.25) is 4.79 Å². The minimum Gasteiger partial charge on any atom is -0.393 e. The molecule has 0 aromatic carbocycles. The van der Waals surface area contributed by atoms with E-state index < -0.39 is 0 Å². The van der Waals surface area contributed by atoms with Crippen molar-refractivity contribution in [1.82, 2.24) is 0 Å². The van der Waals surface area contributed by atoms with Gasteiger partial charge in [0.2, 0.25) is 0 Å². The minimum absolute atomic E-state index is 0.136. The molecule has 174 valence electrons. The molecule has 4 aliphatic carbocycles. The maximum Gasteiger partial charge on any atom is 0.159 e. The molecule has 2 heteroatoms. The van der Waals surface area contributed by atoms with E-state index in [1.807, 2.05) is 6.08 Å². The Morgan fingerprint density at radius 3 is 2.61 bits per heavy atom. The molecule has 3 saturated carbocycles. The van der Waals surface area contributed by atoms with Gasteiger partial charge < -0.3 is 5.11 Å². The zero-order chi connectivity index (χ0) is 22.6. The summed E-state index contributed by atoms with van der Waals surface area (Å²) in [5.74, 6) is 3.72. The monoisotopic (exact) mass is 426 g/mol. The summed E-state index contributed by atoms with van der Waals surface area (Å²) in [5, 5.41) is 10.2. The van der Waals surface area contributed by atoms with Gasteiger partial charge in [0.1, 0.15) is 0 Å². The molecule has 9 atom stereocenters. The van der Waals surface area contributed by atoms with Crippen LogP contribution in [0.15, 0.2) is 23.8 Å². The van der Waals surface area contributed by atoms with Crippen molar-refractivity contribution in [2.45, 2.75) is 105 Å². The van der Waals surface area contributed by atoms with Crippen LogP contribution in [0.1, 0.15) is 98.8 Å². The number of aliphatic hydroxyl groups excluding tert-OH is 1. The number of carbonyl (C=O) groups excluding carboxylic acids is 1. The lowest BCUT2D eigenvalue weighted by atomic mass is 9.46. The van der Waals surface area contributed by atoms with E-state index in [1.54, 1.807) is 0 Å². The van der Waals surface area contributed by atoms with E-state index >= 15 is 0 Å². The number of hydrogen-bond donors (Lipinski definition) is 1. The summed E-state index contributed by atoms with van der Waals surface area (Å²) in [5.41, 5.74) is 3.12. The highest BCUT2D eigenvalue weighted by molar-refractivity contribution is 5.94. The molecule has 0 heterocycles. The first-order chi connectivity index (χ1) is 14.6. The number of aliphatic hydroxyl groups is 1. The summed E-state index contributed by atoms with van der Waals surface area (Å²) in [6.45, 7) is 16.3. The Labute approximate surface area is 191 Å². The Hall–Kier alpha value is -0.890. The van der Waals surface area contributed by atoms with Crippen molar-refractivity contribution in [2.24, 2.45) is 46.3 Å².